The van der Waals surface area contributed by atoms with Crippen LogP contribution >= 0.6 is 11.8 Å². The first-order valence-corrected chi connectivity index (χ1v) is 14.1. The third-order valence-electron chi connectivity index (χ3n) is 5.54. The van der Waals surface area contributed by atoms with E-state index in [-0.39, 0.29) is 33.9 Å². The second kappa shape index (κ2) is 11.2. The fourth-order valence-corrected chi connectivity index (χ4v) is 5.84. The lowest BCUT2D eigenvalue weighted by molar-refractivity contribution is -0.113. The minimum Gasteiger partial charge on any atom is -0.462 e. The third-order valence-corrected chi connectivity index (χ3v) is 8.42. The van der Waals surface area contributed by atoms with Crippen molar-refractivity contribution in [3.63, 3.8) is 0 Å². The van der Waals surface area contributed by atoms with Gasteiger partial charge < -0.3 is 15.0 Å². The highest BCUT2D eigenvalue weighted by Crippen LogP contribution is 2.27. The van der Waals surface area contributed by atoms with Crippen LogP contribution in [0.3, 0.4) is 0 Å². The zero-order valence-corrected chi connectivity index (χ0v) is 22.1. The molecule has 0 saturated carbocycles. The number of hydrogen-bond acceptors (Lipinski definition) is 9. The molecule has 4 rings (SSSR count). The topological polar surface area (TPSA) is 147 Å². The first-order valence-electron chi connectivity index (χ1n) is 11.6. The van der Waals surface area contributed by atoms with Gasteiger partial charge >= 0.3 is 5.97 Å². The number of fused-ring (bicyclic) bond motifs is 3. The molecule has 4 aromatic rings. The molecule has 0 bridgehead atoms. The number of amides is 1. The number of benzene rings is 2. The van der Waals surface area contributed by atoms with Crippen LogP contribution in [0.2, 0.25) is 0 Å². The predicted octanol–water partition coefficient (Wildman–Crippen LogP) is 3.44. The van der Waals surface area contributed by atoms with Crippen LogP contribution in [0.1, 0.15) is 31.1 Å². The first kappa shape index (κ1) is 26.5. The number of para-hydroxylation sites is 1. The standard InChI is InChI=1S/C24H26N6O5S2/c1-4-30(5-2)37(33,34)15-11-12-19-17(13-15)21-22(26-19)27-24(29-28-21)36-14-20(31)25-18-10-8-7-9-16(18)23(32)35-6-3/h7-13H,4-6,14H2,1-3H3,(H,25,31)(H,26,27,29). The first-order chi connectivity index (χ1) is 17.8. The predicted molar refractivity (Wildman–Crippen MR) is 141 cm³/mol. The zero-order chi connectivity index (χ0) is 26.6. The highest BCUT2D eigenvalue weighted by atomic mass is 32.2. The van der Waals surface area contributed by atoms with Crippen LogP contribution in [0.15, 0.2) is 52.5 Å². The molecule has 2 aromatic heterocycles. The lowest BCUT2D eigenvalue weighted by Gasteiger charge is -2.18. The van der Waals surface area contributed by atoms with Crippen molar-refractivity contribution in [2.45, 2.75) is 30.8 Å². The summed E-state index contributed by atoms with van der Waals surface area (Å²) in [6.07, 6.45) is 0. The molecule has 2 aromatic carbocycles. The van der Waals surface area contributed by atoms with Gasteiger partial charge in [0.05, 0.1) is 28.5 Å². The Balaban J connectivity index is 1.51. The van der Waals surface area contributed by atoms with Gasteiger partial charge in [0.2, 0.25) is 21.1 Å². The Labute approximate surface area is 218 Å². The maximum Gasteiger partial charge on any atom is 0.340 e. The summed E-state index contributed by atoms with van der Waals surface area (Å²) in [7, 11) is -3.63. The van der Waals surface area contributed by atoms with Crippen molar-refractivity contribution in [2.24, 2.45) is 0 Å². The van der Waals surface area contributed by atoms with Crippen molar-refractivity contribution in [1.82, 2.24) is 24.5 Å². The molecule has 0 spiro atoms. The van der Waals surface area contributed by atoms with E-state index in [1.807, 2.05) is 0 Å². The minimum absolute atomic E-state index is 0.0170. The summed E-state index contributed by atoms with van der Waals surface area (Å²) in [6, 6.07) is 11.4. The molecular formula is C24H26N6O5S2. The van der Waals surface area contributed by atoms with E-state index in [2.05, 4.69) is 25.5 Å². The lowest BCUT2D eigenvalue weighted by Crippen LogP contribution is -2.30. The maximum atomic E-state index is 12.9. The van der Waals surface area contributed by atoms with Crippen LogP contribution < -0.4 is 5.32 Å². The third kappa shape index (κ3) is 5.58. The summed E-state index contributed by atoms with van der Waals surface area (Å²) < 4.78 is 32.3. The van der Waals surface area contributed by atoms with Gasteiger partial charge in [0.1, 0.15) is 5.52 Å². The number of nitrogens with one attached hydrogen (secondary N) is 2. The van der Waals surface area contributed by atoms with E-state index in [1.165, 1.54) is 4.31 Å². The van der Waals surface area contributed by atoms with E-state index < -0.39 is 16.0 Å². The van der Waals surface area contributed by atoms with Gasteiger partial charge in [-0.15, -0.1) is 10.2 Å². The van der Waals surface area contributed by atoms with E-state index >= 15 is 0 Å². The van der Waals surface area contributed by atoms with Gasteiger partial charge in [0, 0.05) is 24.0 Å². The van der Waals surface area contributed by atoms with E-state index in [0.717, 1.165) is 11.8 Å². The summed E-state index contributed by atoms with van der Waals surface area (Å²) in [4.78, 5) is 32.4. The van der Waals surface area contributed by atoms with E-state index in [0.29, 0.717) is 40.8 Å². The van der Waals surface area contributed by atoms with Crippen LogP contribution in [0.4, 0.5) is 5.69 Å². The number of carbonyl (C=O) groups is 2. The SMILES string of the molecule is CCOC(=O)c1ccccc1NC(=O)CSc1nnc2c(n1)[nH]c1ccc(S(=O)(=O)N(CC)CC)cc12. The quantitative estimate of drug-likeness (QED) is 0.227. The number of nitrogens with zero attached hydrogens (tertiary/aromatic N) is 4. The lowest BCUT2D eigenvalue weighted by atomic mass is 10.2. The Morgan fingerprint density at radius 2 is 1.84 bits per heavy atom. The van der Waals surface area contributed by atoms with Gasteiger partial charge in [0.15, 0.2) is 5.65 Å². The fourth-order valence-electron chi connectivity index (χ4n) is 3.77. The van der Waals surface area contributed by atoms with Gasteiger partial charge in [-0.1, -0.05) is 37.7 Å². The molecule has 0 unspecified atom stereocenters. The summed E-state index contributed by atoms with van der Waals surface area (Å²) >= 11 is 1.08. The fraction of sp³-hybridized carbons (Fsp3) is 0.292. The Bertz CT molecular complexity index is 1570. The molecule has 13 heteroatoms. The Morgan fingerprint density at radius 3 is 2.57 bits per heavy atom. The molecule has 37 heavy (non-hydrogen) atoms. The molecule has 2 heterocycles. The normalized spacial score (nSPS) is 11.8. The van der Waals surface area contributed by atoms with Gasteiger partial charge in [-0.05, 0) is 37.3 Å². The molecule has 0 aliphatic rings. The molecule has 0 radical (unpaired) electrons. The molecule has 2 N–H and O–H groups in total. The van der Waals surface area contributed by atoms with Gasteiger partial charge in [-0.3, -0.25) is 4.79 Å². The highest BCUT2D eigenvalue weighted by molar-refractivity contribution is 7.99. The zero-order valence-electron chi connectivity index (χ0n) is 20.5. The van der Waals surface area contributed by atoms with Crippen LogP contribution in [0.5, 0.6) is 0 Å². The number of ether oxygens (including phenoxy) is 1. The molecule has 0 aliphatic carbocycles. The van der Waals surface area contributed by atoms with E-state index in [1.54, 1.807) is 63.2 Å². The molecule has 0 aliphatic heterocycles. The molecule has 11 nitrogen and oxygen atoms in total. The number of thioether (sulfide) groups is 1. The number of H-pyrrole nitrogens is 1. The van der Waals surface area contributed by atoms with Crippen molar-refractivity contribution in [3.05, 3.63) is 48.0 Å². The summed E-state index contributed by atoms with van der Waals surface area (Å²) in [6.45, 7) is 6.26. The number of rotatable bonds is 10. The number of aromatic amines is 1. The molecule has 0 atom stereocenters. The monoisotopic (exact) mass is 542 g/mol. The summed E-state index contributed by atoms with van der Waals surface area (Å²) in [5.74, 6) is -0.888. The van der Waals surface area contributed by atoms with Gasteiger partial charge in [-0.25, -0.2) is 18.2 Å². The smallest absolute Gasteiger partial charge is 0.340 e. The van der Waals surface area contributed by atoms with Crippen molar-refractivity contribution < 1.29 is 22.7 Å². The number of anilines is 1. The number of hydrogen-bond donors (Lipinski definition) is 2. The summed E-state index contributed by atoms with van der Waals surface area (Å²) in [5, 5.41) is 11.9. The average molecular weight is 543 g/mol. The minimum atomic E-state index is -3.63. The van der Waals surface area contributed by atoms with Crippen LogP contribution in [0, 0.1) is 0 Å². The number of carbonyl (C=O) groups excluding carboxylic acids is 2. The van der Waals surface area contributed by atoms with Crippen molar-refractivity contribution in [1.29, 1.82) is 0 Å². The van der Waals surface area contributed by atoms with Crippen LogP contribution in [-0.4, -0.2) is 70.2 Å². The highest BCUT2D eigenvalue weighted by Gasteiger charge is 2.23. The number of esters is 1. The largest absolute Gasteiger partial charge is 0.462 e. The van der Waals surface area contributed by atoms with Gasteiger partial charge in [-0.2, -0.15) is 4.31 Å². The Morgan fingerprint density at radius 1 is 1.08 bits per heavy atom. The average Bonchev–Trinajstić information content (AvgIpc) is 3.25. The molecular weight excluding hydrogens is 516 g/mol. The number of aromatic nitrogens is 4. The van der Waals surface area contributed by atoms with Crippen molar-refractivity contribution in [3.8, 4) is 0 Å². The maximum absolute atomic E-state index is 12.9. The van der Waals surface area contributed by atoms with Gasteiger partial charge in [0.25, 0.3) is 0 Å². The second-order valence-electron chi connectivity index (χ2n) is 7.82. The van der Waals surface area contributed by atoms with Crippen molar-refractivity contribution in [2.75, 3.05) is 30.8 Å². The van der Waals surface area contributed by atoms with E-state index in [9.17, 15) is 18.0 Å². The molecule has 1 amide bonds. The van der Waals surface area contributed by atoms with Crippen LogP contribution in [0.25, 0.3) is 22.1 Å². The number of sulfonamides is 1. The van der Waals surface area contributed by atoms with Crippen molar-refractivity contribution >= 4 is 61.4 Å². The molecule has 0 fully saturated rings. The molecule has 194 valence electrons. The Kier molecular flexibility index (Phi) is 8.05. The molecule has 0 saturated heterocycles. The second-order valence-corrected chi connectivity index (χ2v) is 10.7. The summed E-state index contributed by atoms with van der Waals surface area (Å²) in [5.41, 5.74) is 2.15. The van der Waals surface area contributed by atoms with Crippen LogP contribution in [-0.2, 0) is 19.6 Å². The van der Waals surface area contributed by atoms with E-state index in [4.69, 9.17) is 4.74 Å². The Hall–Kier alpha value is -3.55.